The molecular formula is C17H18F3N3OS2. The number of carbonyl (C=O) groups is 1. The van der Waals surface area contributed by atoms with Gasteiger partial charge in [0, 0.05) is 11.7 Å². The van der Waals surface area contributed by atoms with Crippen molar-refractivity contribution in [2.45, 2.75) is 42.0 Å². The molecule has 1 aliphatic carbocycles. The minimum Gasteiger partial charge on any atom is -0.300 e. The minimum absolute atomic E-state index is 0.104. The average Bonchev–Trinajstić information content (AvgIpc) is 3.07. The number of alkyl halides is 3. The van der Waals surface area contributed by atoms with Gasteiger partial charge in [0.05, 0.1) is 5.92 Å². The van der Waals surface area contributed by atoms with Crippen molar-refractivity contribution >= 4 is 34.1 Å². The molecule has 1 aromatic carbocycles. The summed E-state index contributed by atoms with van der Waals surface area (Å²) >= 11 is 2.74. The predicted molar refractivity (Wildman–Crippen MR) is 96.0 cm³/mol. The molecule has 1 saturated carbocycles. The number of benzene rings is 1. The van der Waals surface area contributed by atoms with Crippen LogP contribution in [0.1, 0.15) is 31.2 Å². The summed E-state index contributed by atoms with van der Waals surface area (Å²) in [6.45, 7) is 0. The molecule has 4 nitrogen and oxygen atoms in total. The normalized spacial score (nSPS) is 20.7. The van der Waals surface area contributed by atoms with Crippen LogP contribution in [-0.2, 0) is 10.5 Å². The molecule has 0 spiro atoms. The van der Waals surface area contributed by atoms with Gasteiger partial charge in [0.2, 0.25) is 11.0 Å². The van der Waals surface area contributed by atoms with Crippen LogP contribution in [0, 0.1) is 11.8 Å². The third-order valence-electron chi connectivity index (χ3n) is 4.35. The van der Waals surface area contributed by atoms with Gasteiger partial charge in [-0.3, -0.25) is 4.79 Å². The first kappa shape index (κ1) is 19.2. The Hall–Kier alpha value is -1.61. The Balaban J connectivity index is 1.52. The smallest absolute Gasteiger partial charge is 0.300 e. The Morgan fingerprint density at radius 1 is 1.23 bits per heavy atom. The zero-order chi connectivity index (χ0) is 18.6. The van der Waals surface area contributed by atoms with Gasteiger partial charge in [0.1, 0.15) is 0 Å². The maximum Gasteiger partial charge on any atom is 0.391 e. The summed E-state index contributed by atoms with van der Waals surface area (Å²) in [5, 5.41) is 10.9. The number of hydrogen-bond acceptors (Lipinski definition) is 5. The Morgan fingerprint density at radius 2 is 2.00 bits per heavy atom. The van der Waals surface area contributed by atoms with Crippen LogP contribution in [-0.4, -0.2) is 22.3 Å². The summed E-state index contributed by atoms with van der Waals surface area (Å²) < 4.78 is 39.3. The summed E-state index contributed by atoms with van der Waals surface area (Å²) in [6.07, 6.45) is -3.39. The molecule has 9 heteroatoms. The van der Waals surface area contributed by atoms with E-state index in [4.69, 9.17) is 0 Å². The first-order valence-corrected chi connectivity index (χ1v) is 10.1. The van der Waals surface area contributed by atoms with Gasteiger partial charge in [-0.1, -0.05) is 59.9 Å². The molecule has 3 rings (SSSR count). The zero-order valence-electron chi connectivity index (χ0n) is 13.8. The van der Waals surface area contributed by atoms with Crippen LogP contribution in [0.15, 0.2) is 34.7 Å². The molecule has 0 radical (unpaired) electrons. The van der Waals surface area contributed by atoms with E-state index in [2.05, 4.69) is 15.5 Å². The highest BCUT2D eigenvalue weighted by Gasteiger charge is 2.43. The van der Waals surface area contributed by atoms with Gasteiger partial charge in [-0.05, 0) is 24.8 Å². The lowest BCUT2D eigenvalue weighted by molar-refractivity contribution is -0.185. The van der Waals surface area contributed by atoms with Crippen LogP contribution < -0.4 is 5.32 Å². The third kappa shape index (κ3) is 5.20. The largest absolute Gasteiger partial charge is 0.391 e. The molecular weight excluding hydrogens is 383 g/mol. The fourth-order valence-electron chi connectivity index (χ4n) is 2.97. The number of halogens is 3. The first-order valence-electron chi connectivity index (χ1n) is 8.29. The van der Waals surface area contributed by atoms with Crippen LogP contribution >= 0.6 is 23.1 Å². The number of nitrogens with zero attached hydrogens (tertiary/aromatic N) is 2. The summed E-state index contributed by atoms with van der Waals surface area (Å²) in [6, 6.07) is 9.88. The van der Waals surface area contributed by atoms with Crippen LogP contribution in [0.5, 0.6) is 0 Å². The number of aromatic nitrogens is 2. The molecule has 1 aromatic heterocycles. The predicted octanol–water partition coefficient (Wildman–Crippen LogP) is 5.14. The van der Waals surface area contributed by atoms with Gasteiger partial charge in [-0.25, -0.2) is 0 Å². The number of anilines is 1. The maximum absolute atomic E-state index is 12.9. The summed E-state index contributed by atoms with van der Waals surface area (Å²) in [4.78, 5) is 12.3. The maximum atomic E-state index is 12.9. The second-order valence-electron chi connectivity index (χ2n) is 6.24. The molecule has 0 saturated heterocycles. The Kier molecular flexibility index (Phi) is 6.18. The van der Waals surface area contributed by atoms with Crippen molar-refractivity contribution in [2.24, 2.45) is 11.8 Å². The molecule has 0 bridgehead atoms. The highest BCUT2D eigenvalue weighted by Crippen LogP contribution is 2.40. The molecule has 1 fully saturated rings. The summed E-state index contributed by atoms with van der Waals surface area (Å²) in [5.41, 5.74) is 1.15. The second-order valence-corrected chi connectivity index (χ2v) is 8.44. The topological polar surface area (TPSA) is 54.9 Å². The lowest BCUT2D eigenvalue weighted by Gasteiger charge is -2.29. The van der Waals surface area contributed by atoms with E-state index in [0.717, 1.165) is 11.3 Å². The standard InChI is InChI=1S/C17H18F3N3OS2/c18-17(19,20)13-8-4-7-12(9-13)14(24)21-15-22-23-16(26-15)25-10-11-5-2-1-3-6-11/h1-3,5-6,12-13H,4,7-10H2,(H,21,22,24). The van der Waals surface area contributed by atoms with E-state index in [1.807, 2.05) is 30.3 Å². The molecule has 2 atom stereocenters. The number of rotatable bonds is 5. The highest BCUT2D eigenvalue weighted by atomic mass is 32.2. The average molecular weight is 401 g/mol. The van der Waals surface area contributed by atoms with Crippen molar-refractivity contribution in [1.29, 1.82) is 0 Å². The van der Waals surface area contributed by atoms with E-state index in [0.29, 0.717) is 22.3 Å². The molecule has 1 amide bonds. The molecule has 2 unspecified atom stereocenters. The first-order chi connectivity index (χ1) is 12.4. The monoisotopic (exact) mass is 401 g/mol. The van der Waals surface area contributed by atoms with Gasteiger partial charge < -0.3 is 5.32 Å². The molecule has 1 heterocycles. The fourth-order valence-corrected chi connectivity index (χ4v) is 4.68. The van der Waals surface area contributed by atoms with Gasteiger partial charge in [-0.15, -0.1) is 10.2 Å². The van der Waals surface area contributed by atoms with Gasteiger partial charge in [0.25, 0.3) is 0 Å². The molecule has 2 aromatic rings. The highest BCUT2D eigenvalue weighted by molar-refractivity contribution is 8.00. The summed E-state index contributed by atoms with van der Waals surface area (Å²) in [7, 11) is 0. The zero-order valence-corrected chi connectivity index (χ0v) is 15.5. The van der Waals surface area contributed by atoms with Crippen LogP contribution in [0.25, 0.3) is 0 Å². The van der Waals surface area contributed by atoms with Gasteiger partial charge in [0.15, 0.2) is 4.34 Å². The van der Waals surface area contributed by atoms with Gasteiger partial charge >= 0.3 is 6.18 Å². The van der Waals surface area contributed by atoms with E-state index in [1.165, 1.54) is 23.1 Å². The van der Waals surface area contributed by atoms with E-state index >= 15 is 0 Å². The van der Waals surface area contributed by atoms with Crippen molar-refractivity contribution in [3.8, 4) is 0 Å². The van der Waals surface area contributed by atoms with E-state index in [9.17, 15) is 18.0 Å². The summed E-state index contributed by atoms with van der Waals surface area (Å²) in [5.74, 6) is -1.67. The molecule has 26 heavy (non-hydrogen) atoms. The third-order valence-corrected chi connectivity index (χ3v) is 6.39. The number of thioether (sulfide) groups is 1. The molecule has 140 valence electrons. The Morgan fingerprint density at radius 3 is 2.73 bits per heavy atom. The SMILES string of the molecule is O=C(Nc1nnc(SCc2ccccc2)s1)C1CCCC(C(F)(F)F)C1. The number of nitrogens with one attached hydrogen (secondary N) is 1. The second kappa shape index (κ2) is 8.39. The van der Waals surface area contributed by atoms with Crippen molar-refractivity contribution < 1.29 is 18.0 Å². The molecule has 1 N–H and O–H groups in total. The van der Waals surface area contributed by atoms with Crippen molar-refractivity contribution in [3.05, 3.63) is 35.9 Å². The fraction of sp³-hybridized carbons (Fsp3) is 0.471. The van der Waals surface area contributed by atoms with Gasteiger partial charge in [-0.2, -0.15) is 13.2 Å². The van der Waals surface area contributed by atoms with Crippen molar-refractivity contribution in [3.63, 3.8) is 0 Å². The lowest BCUT2D eigenvalue weighted by Crippen LogP contribution is -2.34. The number of amides is 1. The number of carbonyl (C=O) groups excluding carboxylic acids is 1. The van der Waals surface area contributed by atoms with Crippen molar-refractivity contribution in [2.75, 3.05) is 5.32 Å². The Bertz CT molecular complexity index is 736. The molecule has 0 aliphatic heterocycles. The van der Waals surface area contributed by atoms with E-state index in [-0.39, 0.29) is 12.8 Å². The number of hydrogen-bond donors (Lipinski definition) is 1. The van der Waals surface area contributed by atoms with E-state index in [1.54, 1.807) is 0 Å². The van der Waals surface area contributed by atoms with Crippen LogP contribution in [0.3, 0.4) is 0 Å². The molecule has 1 aliphatic rings. The lowest BCUT2D eigenvalue weighted by atomic mass is 9.80. The van der Waals surface area contributed by atoms with E-state index < -0.39 is 23.9 Å². The van der Waals surface area contributed by atoms with Crippen LogP contribution in [0.4, 0.5) is 18.3 Å². The quantitative estimate of drug-likeness (QED) is 0.557. The van der Waals surface area contributed by atoms with Crippen LogP contribution in [0.2, 0.25) is 0 Å². The van der Waals surface area contributed by atoms with Crippen molar-refractivity contribution in [1.82, 2.24) is 10.2 Å². The Labute approximate surface area is 157 Å². The minimum atomic E-state index is -4.23.